The molecule has 1 aromatic heterocycles. The van der Waals surface area contributed by atoms with E-state index in [0.29, 0.717) is 10.0 Å². The van der Waals surface area contributed by atoms with Gasteiger partial charge < -0.3 is 5.73 Å². The van der Waals surface area contributed by atoms with E-state index in [-0.39, 0.29) is 6.04 Å². The summed E-state index contributed by atoms with van der Waals surface area (Å²) in [7, 11) is 0. The molecule has 1 aromatic carbocycles. The fourth-order valence-electron chi connectivity index (χ4n) is 1.68. The summed E-state index contributed by atoms with van der Waals surface area (Å²) in [5, 5.41) is 2.20. The zero-order chi connectivity index (χ0) is 13.8. The molecule has 0 saturated carbocycles. The van der Waals surface area contributed by atoms with Crippen molar-refractivity contribution in [1.29, 1.82) is 0 Å². The van der Waals surface area contributed by atoms with Crippen LogP contribution in [-0.4, -0.2) is 11.0 Å². The molecular weight excluding hydrogens is 299 g/mol. The summed E-state index contributed by atoms with van der Waals surface area (Å²) in [5.41, 5.74) is 6.99. The van der Waals surface area contributed by atoms with Crippen LogP contribution in [-0.2, 0) is 6.42 Å². The molecule has 1 atom stereocenters. The molecule has 0 fully saturated rings. The lowest BCUT2D eigenvalue weighted by atomic mass is 10.1. The molecule has 2 nitrogen and oxygen atoms in total. The van der Waals surface area contributed by atoms with Gasteiger partial charge in [0.2, 0.25) is 0 Å². The van der Waals surface area contributed by atoms with Crippen molar-refractivity contribution >= 4 is 35.0 Å². The van der Waals surface area contributed by atoms with Crippen LogP contribution in [0.1, 0.15) is 12.5 Å². The van der Waals surface area contributed by atoms with Crippen LogP contribution in [0.15, 0.2) is 46.5 Å². The van der Waals surface area contributed by atoms with Gasteiger partial charge in [-0.2, -0.15) is 0 Å². The molecule has 2 N–H and O–H groups in total. The molecule has 0 spiro atoms. The highest BCUT2D eigenvalue weighted by Gasteiger charge is 2.10. The lowest BCUT2D eigenvalue weighted by molar-refractivity contribution is 0.722. The average molecular weight is 313 g/mol. The maximum atomic E-state index is 6.18. The topological polar surface area (TPSA) is 38.9 Å². The van der Waals surface area contributed by atoms with E-state index in [4.69, 9.17) is 28.9 Å². The summed E-state index contributed by atoms with van der Waals surface area (Å²) in [6.45, 7) is 1.98. The van der Waals surface area contributed by atoms with Gasteiger partial charge in [-0.3, -0.25) is 0 Å². The van der Waals surface area contributed by atoms with Gasteiger partial charge in [0.05, 0.1) is 5.02 Å². The fourth-order valence-corrected chi connectivity index (χ4v) is 3.10. The van der Waals surface area contributed by atoms with Crippen molar-refractivity contribution in [2.45, 2.75) is 29.3 Å². The maximum Gasteiger partial charge on any atom is 0.104 e. The first-order valence-electron chi connectivity index (χ1n) is 5.88. The fraction of sp³-hybridized carbons (Fsp3) is 0.214. The molecule has 19 heavy (non-hydrogen) atoms. The van der Waals surface area contributed by atoms with E-state index in [2.05, 4.69) is 4.98 Å². The second kappa shape index (κ2) is 6.62. The van der Waals surface area contributed by atoms with Gasteiger partial charge in [-0.15, -0.1) is 0 Å². The molecule has 5 heteroatoms. The quantitative estimate of drug-likeness (QED) is 0.907. The number of halogens is 2. The Morgan fingerprint density at radius 2 is 2.11 bits per heavy atom. The van der Waals surface area contributed by atoms with E-state index >= 15 is 0 Å². The van der Waals surface area contributed by atoms with Crippen molar-refractivity contribution in [2.24, 2.45) is 5.73 Å². The number of hydrogen-bond acceptors (Lipinski definition) is 3. The van der Waals surface area contributed by atoms with Gasteiger partial charge in [0.15, 0.2) is 0 Å². The molecule has 0 aliphatic heterocycles. The summed E-state index contributed by atoms with van der Waals surface area (Å²) in [4.78, 5) is 5.35. The minimum atomic E-state index is 0.101. The minimum Gasteiger partial charge on any atom is -0.328 e. The predicted octanol–water partition coefficient (Wildman–Crippen LogP) is 4.43. The third-order valence-corrected chi connectivity index (χ3v) is 4.29. The lowest BCUT2D eigenvalue weighted by Gasteiger charge is -2.11. The summed E-state index contributed by atoms with van der Waals surface area (Å²) in [5.74, 6) is 0. The molecule has 2 rings (SSSR count). The second-order valence-electron chi connectivity index (χ2n) is 4.33. The Bertz CT molecular complexity index is 573. The van der Waals surface area contributed by atoms with Crippen LogP contribution in [0.4, 0.5) is 0 Å². The molecule has 0 amide bonds. The first kappa shape index (κ1) is 14.7. The zero-order valence-corrected chi connectivity index (χ0v) is 12.8. The van der Waals surface area contributed by atoms with Crippen LogP contribution in [0.5, 0.6) is 0 Å². The van der Waals surface area contributed by atoms with Crippen LogP contribution in [0.3, 0.4) is 0 Å². The van der Waals surface area contributed by atoms with Gasteiger partial charge in [0, 0.05) is 22.2 Å². The van der Waals surface area contributed by atoms with Crippen molar-refractivity contribution in [3.05, 3.63) is 52.1 Å². The van der Waals surface area contributed by atoms with E-state index in [1.807, 2.05) is 31.2 Å². The third-order valence-electron chi connectivity index (χ3n) is 2.49. The Kier molecular flexibility index (Phi) is 5.11. The SMILES string of the molecule is CC(N)Cc1cccnc1Sc1ccc(Cl)cc1Cl. The first-order valence-corrected chi connectivity index (χ1v) is 7.46. The van der Waals surface area contributed by atoms with Crippen molar-refractivity contribution in [3.63, 3.8) is 0 Å². The van der Waals surface area contributed by atoms with Crippen molar-refractivity contribution < 1.29 is 0 Å². The molecule has 2 aromatic rings. The third kappa shape index (κ3) is 4.11. The predicted molar refractivity (Wildman–Crippen MR) is 82.2 cm³/mol. The summed E-state index contributed by atoms with van der Waals surface area (Å²) < 4.78 is 0. The Morgan fingerprint density at radius 1 is 1.32 bits per heavy atom. The van der Waals surface area contributed by atoms with Crippen LogP contribution >= 0.6 is 35.0 Å². The smallest absolute Gasteiger partial charge is 0.104 e. The van der Waals surface area contributed by atoms with Gasteiger partial charge in [-0.05, 0) is 43.2 Å². The number of benzene rings is 1. The zero-order valence-electron chi connectivity index (χ0n) is 10.4. The molecule has 100 valence electrons. The van der Waals surface area contributed by atoms with Crippen LogP contribution in [0.2, 0.25) is 10.0 Å². The van der Waals surface area contributed by atoms with Gasteiger partial charge >= 0.3 is 0 Å². The van der Waals surface area contributed by atoms with E-state index in [1.165, 1.54) is 11.8 Å². The highest BCUT2D eigenvalue weighted by Crippen LogP contribution is 2.35. The molecule has 0 aliphatic carbocycles. The molecule has 1 heterocycles. The highest BCUT2D eigenvalue weighted by atomic mass is 35.5. The van der Waals surface area contributed by atoms with Gasteiger partial charge in [0.25, 0.3) is 0 Å². The second-order valence-corrected chi connectivity index (χ2v) is 6.20. The molecule has 1 unspecified atom stereocenters. The number of rotatable bonds is 4. The maximum absolute atomic E-state index is 6.18. The monoisotopic (exact) mass is 312 g/mol. The number of hydrogen-bond donors (Lipinski definition) is 1. The van der Waals surface area contributed by atoms with Crippen LogP contribution in [0, 0.1) is 0 Å². The normalized spacial score (nSPS) is 12.4. The summed E-state index contributed by atoms with van der Waals surface area (Å²) >= 11 is 13.6. The number of aromatic nitrogens is 1. The Labute approximate surface area is 127 Å². The van der Waals surface area contributed by atoms with Gasteiger partial charge in [-0.1, -0.05) is 41.0 Å². The van der Waals surface area contributed by atoms with Crippen molar-refractivity contribution in [1.82, 2.24) is 4.98 Å². The minimum absolute atomic E-state index is 0.101. The van der Waals surface area contributed by atoms with Crippen molar-refractivity contribution in [3.8, 4) is 0 Å². The lowest BCUT2D eigenvalue weighted by Crippen LogP contribution is -2.18. The Balaban J connectivity index is 2.27. The van der Waals surface area contributed by atoms with E-state index in [0.717, 1.165) is 21.9 Å². The van der Waals surface area contributed by atoms with Gasteiger partial charge in [0.1, 0.15) is 5.03 Å². The molecule has 0 radical (unpaired) electrons. The van der Waals surface area contributed by atoms with Crippen LogP contribution < -0.4 is 5.73 Å². The number of nitrogens with two attached hydrogens (primary N) is 1. The Hall–Kier alpha value is -0.740. The van der Waals surface area contributed by atoms with E-state index in [9.17, 15) is 0 Å². The molecule has 0 saturated heterocycles. The van der Waals surface area contributed by atoms with Crippen molar-refractivity contribution in [2.75, 3.05) is 0 Å². The van der Waals surface area contributed by atoms with Crippen LogP contribution in [0.25, 0.3) is 0 Å². The van der Waals surface area contributed by atoms with E-state index in [1.54, 1.807) is 12.3 Å². The Morgan fingerprint density at radius 3 is 2.79 bits per heavy atom. The van der Waals surface area contributed by atoms with E-state index < -0.39 is 0 Å². The first-order chi connectivity index (χ1) is 9.06. The number of pyridine rings is 1. The van der Waals surface area contributed by atoms with Gasteiger partial charge in [-0.25, -0.2) is 4.98 Å². The highest BCUT2D eigenvalue weighted by molar-refractivity contribution is 7.99. The largest absolute Gasteiger partial charge is 0.328 e. The summed E-state index contributed by atoms with van der Waals surface area (Å²) in [6, 6.07) is 9.53. The molecular formula is C14H14Cl2N2S. The summed E-state index contributed by atoms with van der Waals surface area (Å²) in [6.07, 6.45) is 2.57. The molecule has 0 aliphatic rings. The molecule has 0 bridgehead atoms. The number of nitrogens with zero attached hydrogens (tertiary/aromatic N) is 1. The standard InChI is InChI=1S/C14H14Cl2N2S/c1-9(17)7-10-3-2-6-18-14(10)19-13-5-4-11(15)8-12(13)16/h2-6,8-9H,7,17H2,1H3. The average Bonchev–Trinajstić information content (AvgIpc) is 2.34.